The van der Waals surface area contributed by atoms with Gasteiger partial charge in [-0.25, -0.2) is 0 Å². The minimum Gasteiger partial charge on any atom is -0.480 e. The lowest BCUT2D eigenvalue weighted by Gasteiger charge is -2.20. The first-order valence-electron chi connectivity index (χ1n) is 4.86. The molecule has 1 aromatic carbocycles. The number of rotatable bonds is 3. The predicted octanol–water partition coefficient (Wildman–Crippen LogP) is 2.96. The lowest BCUT2D eigenvalue weighted by molar-refractivity contribution is -0.189. The molecular weight excluding hydrogens is 251 g/mol. The molecule has 0 radical (unpaired) electrons. The van der Waals surface area contributed by atoms with Gasteiger partial charge in [0, 0.05) is 0 Å². The molecule has 1 atom stereocenters. The Morgan fingerprint density at radius 3 is 2.47 bits per heavy atom. The largest absolute Gasteiger partial charge is 0.480 e. The predicted molar refractivity (Wildman–Crippen MR) is 63.2 cm³/mol. The third-order valence-corrected chi connectivity index (χ3v) is 2.45. The van der Waals surface area contributed by atoms with E-state index in [-0.39, 0.29) is 10.7 Å². The summed E-state index contributed by atoms with van der Waals surface area (Å²) in [6, 6.07) is 4.84. The third kappa shape index (κ3) is 3.33. The summed E-state index contributed by atoms with van der Waals surface area (Å²) >= 11 is 4.77. The second-order valence-electron chi connectivity index (χ2n) is 3.62. The maximum Gasteiger partial charge on any atom is 0.425 e. The summed E-state index contributed by atoms with van der Waals surface area (Å²) in [7, 11) is 0. The SMILES string of the molecule is Cc1cccc(C(N)=S)c1OC(C)C(F)(F)F. The van der Waals surface area contributed by atoms with Crippen molar-refractivity contribution in [3.8, 4) is 5.75 Å². The molecule has 0 amide bonds. The number of benzene rings is 1. The van der Waals surface area contributed by atoms with Gasteiger partial charge in [-0.1, -0.05) is 24.4 Å². The van der Waals surface area contributed by atoms with Crippen LogP contribution in [0, 0.1) is 6.92 Å². The zero-order valence-corrected chi connectivity index (χ0v) is 10.2. The molecule has 1 aromatic rings. The van der Waals surface area contributed by atoms with Crippen molar-refractivity contribution in [3.63, 3.8) is 0 Å². The number of nitrogens with two attached hydrogens (primary N) is 1. The summed E-state index contributed by atoms with van der Waals surface area (Å²) < 4.78 is 42.1. The Morgan fingerprint density at radius 1 is 1.41 bits per heavy atom. The van der Waals surface area contributed by atoms with Crippen molar-refractivity contribution < 1.29 is 17.9 Å². The summed E-state index contributed by atoms with van der Waals surface area (Å²) in [5.41, 5.74) is 6.32. The number of alkyl halides is 3. The molecular formula is C11H12F3NOS. The zero-order valence-electron chi connectivity index (χ0n) is 9.34. The minimum absolute atomic E-state index is 0.0121. The number of halogens is 3. The quantitative estimate of drug-likeness (QED) is 0.851. The normalized spacial score (nSPS) is 13.2. The van der Waals surface area contributed by atoms with Gasteiger partial charge in [0.25, 0.3) is 0 Å². The molecule has 0 heterocycles. The van der Waals surface area contributed by atoms with Crippen molar-refractivity contribution in [2.45, 2.75) is 26.1 Å². The molecule has 0 bridgehead atoms. The van der Waals surface area contributed by atoms with Gasteiger partial charge in [-0.05, 0) is 25.5 Å². The van der Waals surface area contributed by atoms with Crippen LogP contribution < -0.4 is 10.5 Å². The third-order valence-electron chi connectivity index (χ3n) is 2.23. The van der Waals surface area contributed by atoms with Crippen LogP contribution in [0.15, 0.2) is 18.2 Å². The molecule has 0 aliphatic carbocycles. The van der Waals surface area contributed by atoms with Gasteiger partial charge in [0.2, 0.25) is 0 Å². The molecule has 1 unspecified atom stereocenters. The maximum absolute atomic E-state index is 12.4. The molecule has 94 valence electrons. The molecule has 17 heavy (non-hydrogen) atoms. The van der Waals surface area contributed by atoms with Gasteiger partial charge in [-0.3, -0.25) is 0 Å². The topological polar surface area (TPSA) is 35.2 Å². The molecule has 0 saturated carbocycles. The summed E-state index contributed by atoms with van der Waals surface area (Å²) in [5.74, 6) is 0.0878. The van der Waals surface area contributed by atoms with Crippen LogP contribution in [-0.2, 0) is 0 Å². The molecule has 2 nitrogen and oxygen atoms in total. The van der Waals surface area contributed by atoms with E-state index in [0.29, 0.717) is 11.1 Å². The first-order valence-corrected chi connectivity index (χ1v) is 5.27. The van der Waals surface area contributed by atoms with Gasteiger partial charge >= 0.3 is 6.18 Å². The summed E-state index contributed by atoms with van der Waals surface area (Å²) in [6.45, 7) is 2.58. The number of ether oxygens (including phenoxy) is 1. The first-order chi connectivity index (χ1) is 7.73. The average molecular weight is 263 g/mol. The van der Waals surface area contributed by atoms with Crippen LogP contribution in [0.3, 0.4) is 0 Å². The fourth-order valence-corrected chi connectivity index (χ4v) is 1.41. The molecule has 2 N–H and O–H groups in total. The highest BCUT2D eigenvalue weighted by molar-refractivity contribution is 7.80. The Morgan fingerprint density at radius 2 is 2.00 bits per heavy atom. The summed E-state index contributed by atoms with van der Waals surface area (Å²) in [4.78, 5) is 0.0121. The number of aryl methyl sites for hydroxylation is 1. The van der Waals surface area contributed by atoms with Gasteiger partial charge in [0.1, 0.15) is 10.7 Å². The Kier molecular flexibility index (Phi) is 3.98. The molecule has 6 heteroatoms. The average Bonchev–Trinajstić information content (AvgIpc) is 2.18. The lowest BCUT2D eigenvalue weighted by Crippen LogP contribution is -2.32. The van der Waals surface area contributed by atoms with Crippen molar-refractivity contribution >= 4 is 17.2 Å². The Bertz CT molecular complexity index is 431. The van der Waals surface area contributed by atoms with Crippen molar-refractivity contribution in [1.82, 2.24) is 0 Å². The van der Waals surface area contributed by atoms with Crippen LogP contribution in [-0.4, -0.2) is 17.3 Å². The number of hydrogen-bond donors (Lipinski definition) is 1. The van der Waals surface area contributed by atoms with E-state index in [0.717, 1.165) is 6.92 Å². The second-order valence-corrected chi connectivity index (χ2v) is 4.06. The van der Waals surface area contributed by atoms with E-state index in [9.17, 15) is 13.2 Å². The summed E-state index contributed by atoms with van der Waals surface area (Å²) in [5, 5.41) is 0. The van der Waals surface area contributed by atoms with Crippen LogP contribution in [0.4, 0.5) is 13.2 Å². The summed E-state index contributed by atoms with van der Waals surface area (Å²) in [6.07, 6.45) is -6.33. The van der Waals surface area contributed by atoms with Crippen molar-refractivity contribution in [2.24, 2.45) is 5.73 Å². The molecule has 0 spiro atoms. The van der Waals surface area contributed by atoms with Crippen LogP contribution in [0.1, 0.15) is 18.1 Å². The molecule has 1 rings (SSSR count). The van der Waals surface area contributed by atoms with Crippen LogP contribution in [0.5, 0.6) is 5.75 Å². The molecule has 0 aliphatic heterocycles. The standard InChI is InChI=1S/C11H12F3NOS/c1-6-4-3-5-8(10(15)17)9(6)16-7(2)11(12,13)14/h3-5,7H,1-2H3,(H2,15,17). The molecule has 0 aromatic heterocycles. The highest BCUT2D eigenvalue weighted by atomic mass is 32.1. The van der Waals surface area contributed by atoms with E-state index in [1.165, 1.54) is 6.07 Å². The van der Waals surface area contributed by atoms with Gasteiger partial charge < -0.3 is 10.5 Å². The van der Waals surface area contributed by atoms with E-state index in [2.05, 4.69) is 0 Å². The monoisotopic (exact) mass is 263 g/mol. The first kappa shape index (κ1) is 13.8. The number of thiocarbonyl (C=S) groups is 1. The van der Waals surface area contributed by atoms with Gasteiger partial charge in [0.15, 0.2) is 6.10 Å². The molecule has 0 fully saturated rings. The van der Waals surface area contributed by atoms with Gasteiger partial charge in [0.05, 0.1) is 5.56 Å². The second kappa shape index (κ2) is 4.91. The van der Waals surface area contributed by atoms with Crippen LogP contribution in [0.2, 0.25) is 0 Å². The Hall–Kier alpha value is -1.30. The van der Waals surface area contributed by atoms with Crippen molar-refractivity contribution in [2.75, 3.05) is 0 Å². The molecule has 0 aliphatic rings. The Balaban J connectivity index is 3.09. The minimum atomic E-state index is -4.42. The van der Waals surface area contributed by atoms with Crippen molar-refractivity contribution in [3.05, 3.63) is 29.3 Å². The lowest BCUT2D eigenvalue weighted by atomic mass is 10.1. The van der Waals surface area contributed by atoms with E-state index in [1.807, 2.05) is 0 Å². The fraction of sp³-hybridized carbons (Fsp3) is 0.364. The highest BCUT2D eigenvalue weighted by Crippen LogP contribution is 2.29. The van der Waals surface area contributed by atoms with Crippen molar-refractivity contribution in [1.29, 1.82) is 0 Å². The smallest absolute Gasteiger partial charge is 0.425 e. The van der Waals surface area contributed by atoms with Gasteiger partial charge in [-0.2, -0.15) is 13.2 Å². The Labute approximate surface area is 103 Å². The fourth-order valence-electron chi connectivity index (χ4n) is 1.25. The van der Waals surface area contributed by atoms with E-state index < -0.39 is 12.3 Å². The van der Waals surface area contributed by atoms with Crippen LogP contribution >= 0.6 is 12.2 Å². The maximum atomic E-state index is 12.4. The zero-order chi connectivity index (χ0) is 13.2. The van der Waals surface area contributed by atoms with Gasteiger partial charge in [-0.15, -0.1) is 0 Å². The van der Waals surface area contributed by atoms with E-state index in [1.54, 1.807) is 19.1 Å². The number of hydrogen-bond acceptors (Lipinski definition) is 2. The van der Waals surface area contributed by atoms with E-state index >= 15 is 0 Å². The van der Waals surface area contributed by atoms with E-state index in [4.69, 9.17) is 22.7 Å². The van der Waals surface area contributed by atoms with Crippen LogP contribution in [0.25, 0.3) is 0 Å². The number of para-hydroxylation sites is 1. The highest BCUT2D eigenvalue weighted by Gasteiger charge is 2.38. The molecule has 0 saturated heterocycles.